The zero-order chi connectivity index (χ0) is 30.2. The first kappa shape index (κ1) is 27.4. The van der Waals surface area contributed by atoms with Gasteiger partial charge in [0.25, 0.3) is 20.2 Å². The van der Waals surface area contributed by atoms with Crippen LogP contribution in [0.3, 0.4) is 0 Å². The summed E-state index contributed by atoms with van der Waals surface area (Å²) in [5.41, 5.74) is -0.00456. The van der Waals surface area contributed by atoms with Gasteiger partial charge in [-0.15, -0.1) is 0 Å². The Balaban J connectivity index is 1.82. The molecule has 0 fully saturated rings. The number of benzene rings is 2. The second-order valence-electron chi connectivity index (χ2n) is 9.68. The number of carbonyl (C=O) groups excluding carboxylic acids is 2. The summed E-state index contributed by atoms with van der Waals surface area (Å²) in [6, 6.07) is 11.2. The zero-order valence-electron chi connectivity index (χ0n) is 21.8. The van der Waals surface area contributed by atoms with Gasteiger partial charge in [0.15, 0.2) is 5.69 Å². The summed E-state index contributed by atoms with van der Waals surface area (Å²) in [6.45, 7) is 0. The average molecular weight is 610 g/mol. The topological polar surface area (TPSA) is 198 Å². The third-order valence-electron chi connectivity index (χ3n) is 7.21. The van der Waals surface area contributed by atoms with Gasteiger partial charge in [0.05, 0.1) is 34.8 Å². The first-order valence-electron chi connectivity index (χ1n) is 12.1. The second-order valence-corrected chi connectivity index (χ2v) is 12.5. The number of urea groups is 1. The third kappa shape index (κ3) is 4.12. The lowest BCUT2D eigenvalue weighted by Crippen LogP contribution is -2.47. The first-order chi connectivity index (χ1) is 19.7. The highest BCUT2D eigenvalue weighted by Crippen LogP contribution is 2.44. The van der Waals surface area contributed by atoms with Crippen molar-refractivity contribution in [3.05, 3.63) is 72.7 Å². The fourth-order valence-electron chi connectivity index (χ4n) is 5.20. The number of quaternary nitrogens is 1. The molecule has 0 spiro atoms. The van der Waals surface area contributed by atoms with Crippen LogP contribution >= 0.6 is 0 Å². The molecule has 4 bridgehead atoms. The summed E-state index contributed by atoms with van der Waals surface area (Å²) in [7, 11) is -6.61. The number of hydrogen-bond donors (Lipinski definition) is 4. The van der Waals surface area contributed by atoms with E-state index in [1.54, 1.807) is 29.9 Å². The molecule has 0 saturated heterocycles. The maximum atomic E-state index is 14.5. The fraction of sp³-hybridized carbons (Fsp3) is 0.0769. The molecule has 0 radical (unpaired) electrons. The van der Waals surface area contributed by atoms with Crippen molar-refractivity contribution in [1.82, 2.24) is 19.0 Å². The van der Waals surface area contributed by atoms with Crippen LogP contribution in [0, 0.1) is 0 Å². The van der Waals surface area contributed by atoms with Crippen molar-refractivity contribution in [3.63, 3.8) is 0 Å². The number of aryl methyl sites for hydroxylation is 1. The van der Waals surface area contributed by atoms with E-state index in [0.717, 1.165) is 12.1 Å². The number of aromatic nitrogens is 3. The molecule has 16 heteroatoms. The summed E-state index contributed by atoms with van der Waals surface area (Å²) < 4.78 is 70.3. The molecular weight excluding hydrogens is 588 g/mol. The van der Waals surface area contributed by atoms with Crippen LogP contribution in [0.2, 0.25) is 0 Å². The highest BCUT2D eigenvalue weighted by atomic mass is 32.2. The number of nitrogens with zero attached hydrogens (tertiary/aromatic N) is 4. The van der Waals surface area contributed by atoms with Crippen LogP contribution in [0.25, 0.3) is 21.8 Å². The summed E-state index contributed by atoms with van der Waals surface area (Å²) >= 11 is 0. The molecule has 214 valence electrons. The van der Waals surface area contributed by atoms with Crippen LogP contribution < -0.4 is 15.1 Å². The van der Waals surface area contributed by atoms with Crippen molar-refractivity contribution in [2.24, 2.45) is 7.05 Å². The van der Waals surface area contributed by atoms with Crippen LogP contribution in [0.1, 0.15) is 10.5 Å². The summed E-state index contributed by atoms with van der Waals surface area (Å²) in [5, 5.41) is 4.86. The number of nitrogens with one attached hydrogen (secondary N) is 2. The molecule has 3 amide bonds. The highest BCUT2D eigenvalue weighted by molar-refractivity contribution is 7.86. The zero-order valence-corrected chi connectivity index (χ0v) is 23.4. The number of rotatable bonds is 3. The monoisotopic (exact) mass is 609 g/mol. The lowest BCUT2D eigenvalue weighted by Gasteiger charge is -2.31. The quantitative estimate of drug-likeness (QED) is 0.173. The molecular formula is C26H21N6O8S2+. The van der Waals surface area contributed by atoms with Crippen molar-refractivity contribution < 1.29 is 35.5 Å². The number of hydrogen-bond acceptors (Lipinski definition) is 8. The van der Waals surface area contributed by atoms with Crippen molar-refractivity contribution in [2.75, 3.05) is 17.7 Å². The minimum atomic E-state index is -4.96. The summed E-state index contributed by atoms with van der Waals surface area (Å²) in [6.07, 6.45) is 3.08. The number of anilines is 2. The number of amides is 3. The van der Waals surface area contributed by atoms with E-state index in [1.807, 2.05) is 0 Å². The Kier molecular flexibility index (Phi) is 5.96. The van der Waals surface area contributed by atoms with E-state index in [0.29, 0.717) is 0 Å². The van der Waals surface area contributed by atoms with Gasteiger partial charge in [-0.2, -0.15) is 26.3 Å². The summed E-state index contributed by atoms with van der Waals surface area (Å²) in [5.74, 6) is -0.358. The van der Waals surface area contributed by atoms with Gasteiger partial charge < -0.3 is 15.2 Å². The van der Waals surface area contributed by atoms with E-state index in [-0.39, 0.29) is 44.7 Å². The molecule has 4 N–H and O–H groups in total. The molecule has 1 unspecified atom stereocenters. The number of carbonyl (C=O) groups is 2. The Bertz CT molecular complexity index is 2230. The number of pyridine rings is 2. The SMILES string of the molecule is Cn1cccc1C(=O)[N+]1(C)c2ccc3c(c(S(=O)(=O)O)ccc3n2)NC(=O)Nc2c(S(=O)(=O)O)ccc3nccc1c23. The molecule has 1 atom stereocenters. The van der Waals surface area contributed by atoms with E-state index in [9.17, 15) is 35.5 Å². The fourth-order valence-corrected chi connectivity index (χ4v) is 6.51. The maximum Gasteiger partial charge on any atom is 0.373 e. The Morgan fingerprint density at radius 3 is 2.17 bits per heavy atom. The van der Waals surface area contributed by atoms with E-state index in [2.05, 4.69) is 20.6 Å². The average Bonchev–Trinajstić information content (AvgIpc) is 3.35. The largest absolute Gasteiger partial charge is 0.373 e. The predicted octanol–water partition coefficient (Wildman–Crippen LogP) is 3.68. The van der Waals surface area contributed by atoms with Gasteiger partial charge in [0.2, 0.25) is 5.82 Å². The highest BCUT2D eigenvalue weighted by Gasteiger charge is 2.44. The van der Waals surface area contributed by atoms with Gasteiger partial charge >= 0.3 is 11.9 Å². The van der Waals surface area contributed by atoms with E-state index >= 15 is 0 Å². The van der Waals surface area contributed by atoms with E-state index in [4.69, 9.17) is 0 Å². The lowest BCUT2D eigenvalue weighted by atomic mass is 10.1. The molecule has 3 aromatic heterocycles. The molecule has 2 aromatic carbocycles. The van der Waals surface area contributed by atoms with Crippen LogP contribution in [-0.4, -0.2) is 59.5 Å². The van der Waals surface area contributed by atoms with Crippen LogP contribution in [0.4, 0.5) is 27.7 Å². The van der Waals surface area contributed by atoms with Gasteiger partial charge in [-0.1, -0.05) is 0 Å². The Labute approximate surface area is 238 Å². The lowest BCUT2D eigenvalue weighted by molar-refractivity contribution is 0.0849. The standard InChI is InChI=1S/C26H20N6O8S2/c1-31-13-3-4-17(31)25(33)32(2)18-11-12-27-16-7-9-20(42(38,39)40)24(22(16)18)30-26(34)29-23-14-5-10-21(32)28-15(14)6-8-19(23)41(35,36)37/h3-13H,1-2H3,(H3-,27,28,29,30,34,35,36,37,38,39,40)/p+1. The maximum absolute atomic E-state index is 14.5. The second kappa shape index (κ2) is 9.13. The van der Waals surface area contributed by atoms with Gasteiger partial charge in [0.1, 0.15) is 15.5 Å². The molecule has 2 aliphatic rings. The molecule has 5 aromatic rings. The molecule has 7 rings (SSSR count). The van der Waals surface area contributed by atoms with E-state index in [1.165, 1.54) is 43.6 Å². The van der Waals surface area contributed by atoms with Gasteiger partial charge in [-0.05, 0) is 42.5 Å². The van der Waals surface area contributed by atoms with Gasteiger partial charge in [-0.25, -0.2) is 9.59 Å². The van der Waals surface area contributed by atoms with Crippen molar-refractivity contribution in [3.8, 4) is 0 Å². The Morgan fingerprint density at radius 2 is 1.52 bits per heavy atom. The third-order valence-corrected chi connectivity index (χ3v) is 9.00. The van der Waals surface area contributed by atoms with Crippen molar-refractivity contribution in [1.29, 1.82) is 0 Å². The molecule has 0 aliphatic carbocycles. The molecule has 2 aliphatic heterocycles. The van der Waals surface area contributed by atoms with Crippen LogP contribution in [-0.2, 0) is 27.3 Å². The first-order valence-corrected chi connectivity index (χ1v) is 15.0. The van der Waals surface area contributed by atoms with Crippen LogP contribution in [0.5, 0.6) is 0 Å². The smallest absolute Gasteiger partial charge is 0.343 e. The minimum Gasteiger partial charge on any atom is -0.343 e. The molecule has 42 heavy (non-hydrogen) atoms. The summed E-state index contributed by atoms with van der Waals surface area (Å²) in [4.78, 5) is 35.5. The molecule has 5 heterocycles. The van der Waals surface area contributed by atoms with Crippen molar-refractivity contribution >= 4 is 76.9 Å². The number of fused-ring (bicyclic) bond motifs is 3. The molecule has 14 nitrogen and oxygen atoms in total. The Hall–Kier alpha value is -4.74. The van der Waals surface area contributed by atoms with Crippen molar-refractivity contribution in [2.45, 2.75) is 9.79 Å². The van der Waals surface area contributed by atoms with E-state index < -0.39 is 52.1 Å². The normalized spacial score (nSPS) is 17.1. The Morgan fingerprint density at radius 1 is 0.881 bits per heavy atom. The predicted molar refractivity (Wildman–Crippen MR) is 153 cm³/mol. The minimum absolute atomic E-state index is 0.00558. The molecule has 0 saturated carbocycles. The van der Waals surface area contributed by atoms with Crippen LogP contribution in [0.15, 0.2) is 76.8 Å². The van der Waals surface area contributed by atoms with Gasteiger partial charge in [0, 0.05) is 37.0 Å². The van der Waals surface area contributed by atoms with Gasteiger partial charge in [-0.3, -0.25) is 14.1 Å².